The lowest BCUT2D eigenvalue weighted by atomic mass is 10.1. The first kappa shape index (κ1) is 12.5. The van der Waals surface area contributed by atoms with Gasteiger partial charge in [-0.05, 0) is 24.6 Å². The number of hydrogen-bond donors (Lipinski definition) is 1. The molecule has 0 aliphatic rings. The summed E-state index contributed by atoms with van der Waals surface area (Å²) in [7, 11) is 0. The predicted octanol–water partition coefficient (Wildman–Crippen LogP) is 3.44. The van der Waals surface area contributed by atoms with Crippen LogP contribution in [0, 0.1) is 0 Å². The quantitative estimate of drug-likeness (QED) is 0.943. The Kier molecular flexibility index (Phi) is 4.15. The van der Waals surface area contributed by atoms with Gasteiger partial charge in [0.25, 0.3) is 0 Å². The molecule has 0 saturated heterocycles. The van der Waals surface area contributed by atoms with Crippen LogP contribution in [0.1, 0.15) is 18.6 Å². The highest BCUT2D eigenvalue weighted by Gasteiger charge is 2.10. The Morgan fingerprint density at radius 2 is 2.18 bits per heavy atom. The molecule has 0 fully saturated rings. The summed E-state index contributed by atoms with van der Waals surface area (Å²) in [5.74, 6) is 0. The second kappa shape index (κ2) is 5.62. The van der Waals surface area contributed by atoms with Crippen LogP contribution in [0.5, 0.6) is 0 Å². The van der Waals surface area contributed by atoms with Gasteiger partial charge < -0.3 is 5.11 Å². The number of rotatable bonds is 3. The van der Waals surface area contributed by atoms with Crippen molar-refractivity contribution >= 4 is 27.7 Å². The van der Waals surface area contributed by atoms with Crippen molar-refractivity contribution in [2.45, 2.75) is 22.9 Å². The van der Waals surface area contributed by atoms with Crippen molar-refractivity contribution in [3.05, 3.63) is 46.8 Å². The highest BCUT2D eigenvalue weighted by Crippen LogP contribution is 2.33. The van der Waals surface area contributed by atoms with Gasteiger partial charge >= 0.3 is 0 Å². The van der Waals surface area contributed by atoms with Crippen molar-refractivity contribution in [1.82, 2.24) is 9.97 Å². The Hall–Kier alpha value is -0.910. The minimum Gasteiger partial charge on any atom is -0.389 e. The highest BCUT2D eigenvalue weighted by atomic mass is 79.9. The van der Waals surface area contributed by atoms with E-state index in [0.717, 1.165) is 20.0 Å². The molecule has 0 radical (unpaired) electrons. The Labute approximate surface area is 112 Å². The van der Waals surface area contributed by atoms with E-state index in [2.05, 4.69) is 25.9 Å². The Morgan fingerprint density at radius 1 is 1.35 bits per heavy atom. The van der Waals surface area contributed by atoms with Gasteiger partial charge in [-0.3, -0.25) is 4.98 Å². The average molecular weight is 311 g/mol. The maximum absolute atomic E-state index is 9.71. The van der Waals surface area contributed by atoms with Gasteiger partial charge in [0.2, 0.25) is 0 Å². The van der Waals surface area contributed by atoms with Crippen molar-refractivity contribution in [2.24, 2.45) is 0 Å². The first-order valence-electron chi connectivity index (χ1n) is 5.08. The molecule has 5 heteroatoms. The third-order valence-electron chi connectivity index (χ3n) is 2.18. The van der Waals surface area contributed by atoms with Gasteiger partial charge in [-0.2, -0.15) is 0 Å². The molecular formula is C12H11BrN2OS. The number of nitrogens with zero attached hydrogens (tertiary/aromatic N) is 2. The summed E-state index contributed by atoms with van der Waals surface area (Å²) in [6.07, 6.45) is 4.50. The van der Waals surface area contributed by atoms with Crippen LogP contribution in [0.4, 0.5) is 0 Å². The maximum Gasteiger partial charge on any atom is 0.119 e. The molecule has 1 atom stereocenters. The fourth-order valence-electron chi connectivity index (χ4n) is 1.39. The van der Waals surface area contributed by atoms with Gasteiger partial charge in [0.1, 0.15) is 5.03 Å². The van der Waals surface area contributed by atoms with Crippen LogP contribution in [-0.4, -0.2) is 15.1 Å². The zero-order valence-electron chi connectivity index (χ0n) is 9.17. The molecule has 0 aliphatic carbocycles. The number of benzene rings is 1. The lowest BCUT2D eigenvalue weighted by Crippen LogP contribution is -1.94. The average Bonchev–Trinajstić information content (AvgIpc) is 2.30. The van der Waals surface area contributed by atoms with Gasteiger partial charge in [0.15, 0.2) is 0 Å². The monoisotopic (exact) mass is 310 g/mol. The first-order valence-corrected chi connectivity index (χ1v) is 6.69. The fourth-order valence-corrected chi connectivity index (χ4v) is 2.90. The summed E-state index contributed by atoms with van der Waals surface area (Å²) in [4.78, 5) is 9.21. The molecule has 0 saturated carbocycles. The van der Waals surface area contributed by atoms with Gasteiger partial charge in [-0.15, -0.1) is 0 Å². The van der Waals surface area contributed by atoms with Crippen molar-refractivity contribution < 1.29 is 5.11 Å². The van der Waals surface area contributed by atoms with E-state index in [0.29, 0.717) is 0 Å². The molecule has 2 aromatic rings. The Bertz CT molecular complexity index is 505. The minimum atomic E-state index is -0.498. The maximum atomic E-state index is 9.71. The number of aromatic nitrogens is 2. The van der Waals surface area contributed by atoms with Gasteiger partial charge in [-0.25, -0.2) is 4.98 Å². The van der Waals surface area contributed by atoms with Crippen LogP contribution in [0.3, 0.4) is 0 Å². The summed E-state index contributed by atoms with van der Waals surface area (Å²) in [5, 5.41) is 10.5. The third-order valence-corrected chi connectivity index (χ3v) is 3.67. The van der Waals surface area contributed by atoms with Crippen molar-refractivity contribution in [3.8, 4) is 0 Å². The Balaban J connectivity index is 2.34. The molecule has 1 N–H and O–H groups in total. The molecule has 0 amide bonds. The Morgan fingerprint density at radius 3 is 2.82 bits per heavy atom. The molecule has 1 aromatic carbocycles. The van der Waals surface area contributed by atoms with E-state index in [1.165, 1.54) is 11.8 Å². The molecule has 1 heterocycles. The fraction of sp³-hybridized carbons (Fsp3) is 0.167. The first-order chi connectivity index (χ1) is 8.16. The van der Waals surface area contributed by atoms with E-state index in [9.17, 15) is 5.11 Å². The van der Waals surface area contributed by atoms with E-state index in [-0.39, 0.29) is 0 Å². The van der Waals surface area contributed by atoms with Crippen LogP contribution in [0.25, 0.3) is 0 Å². The highest BCUT2D eigenvalue weighted by molar-refractivity contribution is 9.10. The van der Waals surface area contributed by atoms with Crippen LogP contribution in [-0.2, 0) is 0 Å². The smallest absolute Gasteiger partial charge is 0.119 e. The van der Waals surface area contributed by atoms with Crippen LogP contribution < -0.4 is 0 Å². The van der Waals surface area contributed by atoms with E-state index >= 15 is 0 Å². The molecule has 0 aliphatic heterocycles. The number of hydrogen-bond acceptors (Lipinski definition) is 4. The topological polar surface area (TPSA) is 46.0 Å². The normalized spacial score (nSPS) is 12.4. The standard InChI is InChI=1S/C12H11BrN2OS/c1-8(16)10-3-2-9(13)6-11(10)17-12-7-14-4-5-15-12/h2-8,16H,1H3. The number of aliphatic hydroxyl groups excluding tert-OH is 1. The zero-order chi connectivity index (χ0) is 12.3. The molecule has 0 bridgehead atoms. The molecule has 88 valence electrons. The van der Waals surface area contributed by atoms with E-state index < -0.39 is 6.10 Å². The second-order valence-corrected chi connectivity index (χ2v) is 5.48. The molecule has 3 nitrogen and oxygen atoms in total. The molecule has 2 rings (SSSR count). The second-order valence-electron chi connectivity index (χ2n) is 3.50. The summed E-state index contributed by atoms with van der Waals surface area (Å²) >= 11 is 4.92. The number of aliphatic hydroxyl groups is 1. The minimum absolute atomic E-state index is 0.498. The van der Waals surface area contributed by atoms with Crippen molar-refractivity contribution in [2.75, 3.05) is 0 Å². The summed E-state index contributed by atoms with van der Waals surface area (Å²) in [5.41, 5.74) is 0.892. The SMILES string of the molecule is CC(O)c1ccc(Br)cc1Sc1cnccn1. The summed E-state index contributed by atoms with van der Waals surface area (Å²) in [6, 6.07) is 5.80. The summed E-state index contributed by atoms with van der Waals surface area (Å²) in [6.45, 7) is 1.75. The van der Waals surface area contributed by atoms with E-state index in [1.807, 2.05) is 18.2 Å². The molecular weight excluding hydrogens is 300 g/mol. The molecule has 0 spiro atoms. The van der Waals surface area contributed by atoms with Crippen molar-refractivity contribution in [1.29, 1.82) is 0 Å². The molecule has 1 aromatic heterocycles. The number of halogens is 1. The lowest BCUT2D eigenvalue weighted by Gasteiger charge is -2.11. The van der Waals surface area contributed by atoms with Crippen LogP contribution in [0.15, 0.2) is 51.2 Å². The van der Waals surface area contributed by atoms with Gasteiger partial charge in [0.05, 0.1) is 12.3 Å². The van der Waals surface area contributed by atoms with E-state index in [4.69, 9.17) is 0 Å². The predicted molar refractivity (Wildman–Crippen MR) is 70.9 cm³/mol. The van der Waals surface area contributed by atoms with Gasteiger partial charge in [-0.1, -0.05) is 33.8 Å². The van der Waals surface area contributed by atoms with Gasteiger partial charge in [0, 0.05) is 21.8 Å². The van der Waals surface area contributed by atoms with Crippen LogP contribution in [0.2, 0.25) is 0 Å². The van der Waals surface area contributed by atoms with Crippen molar-refractivity contribution in [3.63, 3.8) is 0 Å². The zero-order valence-corrected chi connectivity index (χ0v) is 11.6. The van der Waals surface area contributed by atoms with E-state index in [1.54, 1.807) is 25.5 Å². The summed E-state index contributed by atoms with van der Waals surface area (Å²) < 4.78 is 0.980. The largest absolute Gasteiger partial charge is 0.389 e. The van der Waals surface area contributed by atoms with Crippen LogP contribution >= 0.6 is 27.7 Å². The molecule has 1 unspecified atom stereocenters. The lowest BCUT2D eigenvalue weighted by molar-refractivity contribution is 0.196. The molecule has 17 heavy (non-hydrogen) atoms. The third kappa shape index (κ3) is 3.28.